The molecule has 0 fully saturated rings. The molecular formula is C17H19FN3O3+. The van der Waals surface area contributed by atoms with Crippen LogP contribution in [-0.2, 0) is 4.79 Å². The minimum atomic E-state index is -0.442. The largest absolute Gasteiger partial charge is 0.324 e. The molecule has 6 nitrogen and oxygen atoms in total. The zero-order chi connectivity index (χ0) is 17.7. The molecule has 24 heavy (non-hydrogen) atoms. The van der Waals surface area contributed by atoms with Crippen LogP contribution < -0.4 is 10.2 Å². The number of halogens is 1. The average Bonchev–Trinajstić information content (AvgIpc) is 2.54. The van der Waals surface area contributed by atoms with Gasteiger partial charge in [-0.3, -0.25) is 14.9 Å². The number of nitrogens with zero attached hydrogens (tertiary/aromatic N) is 1. The molecule has 2 N–H and O–H groups in total. The average molecular weight is 332 g/mol. The number of anilines is 1. The number of amides is 1. The van der Waals surface area contributed by atoms with Gasteiger partial charge in [-0.15, -0.1) is 0 Å². The van der Waals surface area contributed by atoms with E-state index in [0.29, 0.717) is 5.69 Å². The molecular weight excluding hydrogens is 313 g/mol. The summed E-state index contributed by atoms with van der Waals surface area (Å²) < 4.78 is 13.1. The number of carbonyl (C=O) groups is 1. The van der Waals surface area contributed by atoms with Crippen molar-refractivity contribution in [1.29, 1.82) is 0 Å². The van der Waals surface area contributed by atoms with Crippen LogP contribution in [0, 0.1) is 15.9 Å². The second kappa shape index (κ2) is 7.65. The van der Waals surface area contributed by atoms with Gasteiger partial charge in [0.25, 0.3) is 11.6 Å². The van der Waals surface area contributed by atoms with E-state index < -0.39 is 10.7 Å². The first-order chi connectivity index (χ1) is 11.4. The van der Waals surface area contributed by atoms with Crippen molar-refractivity contribution >= 4 is 17.3 Å². The van der Waals surface area contributed by atoms with E-state index in [9.17, 15) is 19.3 Å². The number of carbonyl (C=O) groups excluding carboxylic acids is 1. The highest BCUT2D eigenvalue weighted by Crippen LogP contribution is 2.17. The summed E-state index contributed by atoms with van der Waals surface area (Å²) >= 11 is 0. The Morgan fingerprint density at radius 1 is 1.29 bits per heavy atom. The number of nitro benzene ring substituents is 1. The van der Waals surface area contributed by atoms with Gasteiger partial charge in [0, 0.05) is 23.4 Å². The quantitative estimate of drug-likeness (QED) is 0.627. The minimum Gasteiger partial charge on any atom is -0.324 e. The number of likely N-dealkylation sites (N-methyl/N-ethyl adjacent to an activating group) is 1. The Morgan fingerprint density at radius 2 is 2.00 bits per heavy atom. The highest BCUT2D eigenvalue weighted by atomic mass is 19.1. The van der Waals surface area contributed by atoms with Crippen LogP contribution in [0.2, 0.25) is 0 Å². The molecule has 0 bridgehead atoms. The molecule has 0 aliphatic rings. The summed E-state index contributed by atoms with van der Waals surface area (Å²) in [5.74, 6) is -0.672. The van der Waals surface area contributed by atoms with Crippen molar-refractivity contribution in [3.63, 3.8) is 0 Å². The molecule has 0 aliphatic heterocycles. The van der Waals surface area contributed by atoms with Crippen LogP contribution in [0.3, 0.4) is 0 Å². The van der Waals surface area contributed by atoms with Crippen LogP contribution in [0.5, 0.6) is 0 Å². The fourth-order valence-corrected chi connectivity index (χ4v) is 2.37. The zero-order valence-electron chi connectivity index (χ0n) is 13.5. The van der Waals surface area contributed by atoms with Crippen LogP contribution in [-0.4, -0.2) is 24.4 Å². The van der Waals surface area contributed by atoms with Crippen molar-refractivity contribution in [2.45, 2.75) is 13.0 Å². The number of quaternary nitrogens is 1. The second-order valence-corrected chi connectivity index (χ2v) is 5.66. The monoisotopic (exact) mass is 332 g/mol. The van der Waals surface area contributed by atoms with Crippen molar-refractivity contribution in [3.05, 3.63) is 70.0 Å². The van der Waals surface area contributed by atoms with Gasteiger partial charge in [-0.05, 0) is 25.1 Å². The van der Waals surface area contributed by atoms with Crippen molar-refractivity contribution in [2.75, 3.05) is 18.9 Å². The van der Waals surface area contributed by atoms with Crippen molar-refractivity contribution in [3.8, 4) is 0 Å². The molecule has 1 amide bonds. The van der Waals surface area contributed by atoms with E-state index in [4.69, 9.17) is 0 Å². The summed E-state index contributed by atoms with van der Waals surface area (Å²) in [6, 6.07) is 11.9. The van der Waals surface area contributed by atoms with E-state index >= 15 is 0 Å². The molecule has 2 rings (SSSR count). The third-order valence-electron chi connectivity index (χ3n) is 3.87. The van der Waals surface area contributed by atoms with Crippen LogP contribution in [0.25, 0.3) is 0 Å². The molecule has 0 radical (unpaired) electrons. The number of hydrogen-bond acceptors (Lipinski definition) is 3. The first-order valence-corrected chi connectivity index (χ1v) is 7.49. The molecule has 1 unspecified atom stereocenters. The fraction of sp³-hybridized carbons (Fsp3) is 0.235. The summed E-state index contributed by atoms with van der Waals surface area (Å²) in [4.78, 5) is 23.4. The number of non-ortho nitro benzene ring substituents is 1. The van der Waals surface area contributed by atoms with E-state index in [1.54, 1.807) is 18.2 Å². The summed E-state index contributed by atoms with van der Waals surface area (Å²) in [5, 5.41) is 13.5. The Kier molecular flexibility index (Phi) is 5.59. The molecule has 2 aromatic rings. The Bertz CT molecular complexity index is 751. The number of benzene rings is 2. The number of nitrogens with one attached hydrogen (secondary N) is 2. The van der Waals surface area contributed by atoms with Crippen LogP contribution in [0.4, 0.5) is 15.8 Å². The normalized spacial score (nSPS) is 13.1. The molecule has 2 atom stereocenters. The number of nitro groups is 1. The van der Waals surface area contributed by atoms with E-state index in [0.717, 1.165) is 10.5 Å². The second-order valence-electron chi connectivity index (χ2n) is 5.66. The third kappa shape index (κ3) is 4.60. The van der Waals surface area contributed by atoms with Crippen molar-refractivity contribution in [1.82, 2.24) is 0 Å². The smallest absolute Gasteiger partial charge is 0.279 e. The van der Waals surface area contributed by atoms with Gasteiger partial charge < -0.3 is 10.2 Å². The van der Waals surface area contributed by atoms with Crippen LogP contribution in [0.1, 0.15) is 18.5 Å². The first-order valence-electron chi connectivity index (χ1n) is 7.49. The highest BCUT2D eigenvalue weighted by molar-refractivity contribution is 5.91. The van der Waals surface area contributed by atoms with E-state index in [2.05, 4.69) is 5.32 Å². The van der Waals surface area contributed by atoms with E-state index in [-0.39, 0.29) is 24.2 Å². The Hall–Kier alpha value is -2.80. The standard InChI is InChI=1S/C17H18FN3O3/c1-12(13-5-3-8-16(9-13)21(23)24)20(2)11-17(22)19-15-7-4-6-14(18)10-15/h3-10,12H,11H2,1-2H3,(H,19,22)/p+1/t12-/m0/s1. The minimum absolute atomic E-state index is 0.0244. The molecule has 0 aliphatic carbocycles. The maximum Gasteiger partial charge on any atom is 0.279 e. The maximum absolute atomic E-state index is 13.1. The molecule has 0 aromatic heterocycles. The molecule has 0 saturated heterocycles. The van der Waals surface area contributed by atoms with E-state index in [1.807, 2.05) is 14.0 Å². The summed E-state index contributed by atoms with van der Waals surface area (Å²) in [5.41, 5.74) is 1.20. The number of hydrogen-bond donors (Lipinski definition) is 2. The lowest BCUT2D eigenvalue weighted by Gasteiger charge is -2.21. The zero-order valence-corrected chi connectivity index (χ0v) is 13.5. The van der Waals surface area contributed by atoms with E-state index in [1.165, 1.54) is 30.3 Å². The Morgan fingerprint density at radius 3 is 2.67 bits per heavy atom. The topological polar surface area (TPSA) is 76.7 Å². The molecule has 0 spiro atoms. The fourth-order valence-electron chi connectivity index (χ4n) is 2.37. The van der Waals surface area contributed by atoms with Crippen molar-refractivity contribution < 1.29 is 19.0 Å². The lowest BCUT2D eigenvalue weighted by atomic mass is 10.1. The lowest BCUT2D eigenvalue weighted by Crippen LogP contribution is -3.10. The molecule has 0 heterocycles. The van der Waals surface area contributed by atoms with Gasteiger partial charge in [-0.2, -0.15) is 0 Å². The molecule has 126 valence electrons. The van der Waals surface area contributed by atoms with Crippen LogP contribution in [0.15, 0.2) is 48.5 Å². The number of rotatable bonds is 6. The summed E-state index contributed by atoms with van der Waals surface area (Å²) in [7, 11) is 1.83. The van der Waals surface area contributed by atoms with Crippen molar-refractivity contribution in [2.24, 2.45) is 0 Å². The van der Waals surface area contributed by atoms with Crippen LogP contribution >= 0.6 is 0 Å². The Balaban J connectivity index is 2.00. The molecule has 7 heteroatoms. The first kappa shape index (κ1) is 17.6. The highest BCUT2D eigenvalue weighted by Gasteiger charge is 2.20. The van der Waals surface area contributed by atoms with Gasteiger partial charge in [0.05, 0.1) is 12.0 Å². The van der Waals surface area contributed by atoms with Gasteiger partial charge in [-0.1, -0.05) is 18.2 Å². The van der Waals surface area contributed by atoms with Gasteiger partial charge in [0.15, 0.2) is 6.54 Å². The van der Waals surface area contributed by atoms with Gasteiger partial charge >= 0.3 is 0 Å². The lowest BCUT2D eigenvalue weighted by molar-refractivity contribution is -0.902. The molecule has 0 saturated carbocycles. The molecule has 2 aromatic carbocycles. The van der Waals surface area contributed by atoms with Gasteiger partial charge in [0.2, 0.25) is 0 Å². The maximum atomic E-state index is 13.1. The predicted octanol–water partition coefficient (Wildman–Crippen LogP) is 1.95. The van der Waals surface area contributed by atoms with Gasteiger partial charge in [0.1, 0.15) is 11.9 Å². The summed E-state index contributed by atoms with van der Waals surface area (Å²) in [6.07, 6.45) is 0. The summed E-state index contributed by atoms with van der Waals surface area (Å²) in [6.45, 7) is 2.05. The predicted molar refractivity (Wildman–Crippen MR) is 88.3 cm³/mol. The van der Waals surface area contributed by atoms with Gasteiger partial charge in [-0.25, -0.2) is 4.39 Å². The Labute approximate surface area is 139 Å². The SMILES string of the molecule is C[C@@H](c1cccc([N+](=O)[O-])c1)[NH+](C)CC(=O)Nc1cccc(F)c1. The third-order valence-corrected chi connectivity index (χ3v) is 3.87.